The molecule has 7 aromatic carbocycles. The molecule has 10 rings (SSSR count). The summed E-state index contributed by atoms with van der Waals surface area (Å²) in [5.41, 5.74) is 13.3. The van der Waals surface area contributed by atoms with Gasteiger partial charge in [0.15, 0.2) is 5.96 Å². The van der Waals surface area contributed by atoms with Crippen molar-refractivity contribution in [2.75, 3.05) is 4.90 Å². The molecule has 51 heavy (non-hydrogen) atoms. The van der Waals surface area contributed by atoms with E-state index < -0.39 is 0 Å². The Bertz CT molecular complexity index is 2400. The molecule has 0 fully saturated rings. The summed E-state index contributed by atoms with van der Waals surface area (Å²) < 4.78 is 0. The zero-order valence-corrected chi connectivity index (χ0v) is 28.3. The summed E-state index contributed by atoms with van der Waals surface area (Å²) in [5, 5.41) is 6.46. The first-order valence-corrected chi connectivity index (χ1v) is 17.7. The summed E-state index contributed by atoms with van der Waals surface area (Å²) in [6, 6.07) is 67.5. The van der Waals surface area contributed by atoms with Crippen molar-refractivity contribution in [2.24, 2.45) is 4.99 Å². The van der Waals surface area contributed by atoms with Crippen LogP contribution in [-0.4, -0.2) is 5.96 Å². The Hall–Kier alpha value is -6.45. The van der Waals surface area contributed by atoms with Gasteiger partial charge in [0.25, 0.3) is 0 Å². The number of anilines is 1. The molecule has 3 aliphatic heterocycles. The van der Waals surface area contributed by atoms with E-state index in [9.17, 15) is 0 Å². The van der Waals surface area contributed by atoms with Crippen LogP contribution < -0.4 is 10.2 Å². The number of nitrogens with zero attached hydrogens (tertiary/aromatic N) is 2. The zero-order valence-electron chi connectivity index (χ0n) is 28.3. The van der Waals surface area contributed by atoms with E-state index in [0.29, 0.717) is 13.1 Å². The van der Waals surface area contributed by atoms with Gasteiger partial charge in [-0.2, -0.15) is 0 Å². The van der Waals surface area contributed by atoms with Crippen molar-refractivity contribution in [1.82, 2.24) is 5.32 Å². The second kappa shape index (κ2) is 13.5. The molecule has 0 saturated carbocycles. The van der Waals surface area contributed by atoms with E-state index in [1.54, 1.807) is 0 Å². The first-order chi connectivity index (χ1) is 25.3. The van der Waals surface area contributed by atoms with Gasteiger partial charge >= 0.3 is 0 Å². The number of hydrogen-bond acceptors (Lipinski definition) is 3. The third kappa shape index (κ3) is 5.83. The minimum Gasteiger partial charge on any atom is -0.345 e. The maximum absolute atomic E-state index is 5.59. The number of nitrogens with one attached hydrogen (secondary N) is 1. The fourth-order valence-electron chi connectivity index (χ4n) is 7.67. The van der Waals surface area contributed by atoms with E-state index in [4.69, 9.17) is 4.99 Å². The van der Waals surface area contributed by atoms with E-state index in [1.165, 1.54) is 66.4 Å². The number of hydrogen-bond donors (Lipinski definition) is 1. The Morgan fingerprint density at radius 2 is 1.02 bits per heavy atom. The van der Waals surface area contributed by atoms with E-state index in [0.717, 1.165) is 11.6 Å². The molecule has 0 saturated heterocycles. The molecule has 0 amide bonds. The third-order valence-corrected chi connectivity index (χ3v) is 10.1. The molecule has 0 aromatic heterocycles. The number of rotatable bonds is 5. The highest BCUT2D eigenvalue weighted by Gasteiger charge is 2.29. The average Bonchev–Trinajstić information content (AvgIpc) is 3.26. The van der Waals surface area contributed by atoms with Crippen molar-refractivity contribution in [3.8, 4) is 33.4 Å². The first kappa shape index (κ1) is 30.6. The van der Waals surface area contributed by atoms with Gasteiger partial charge < -0.3 is 10.2 Å². The molecule has 0 unspecified atom stereocenters. The van der Waals surface area contributed by atoms with Crippen molar-refractivity contribution in [3.63, 3.8) is 0 Å². The number of benzene rings is 6. The minimum absolute atomic E-state index is 0.104. The summed E-state index contributed by atoms with van der Waals surface area (Å²) in [6.07, 6.45) is 0. The molecule has 0 atom stereocenters. The van der Waals surface area contributed by atoms with Crippen molar-refractivity contribution in [3.05, 3.63) is 210 Å². The summed E-state index contributed by atoms with van der Waals surface area (Å²) in [5.74, 6) is 0.845. The van der Waals surface area contributed by atoms with Crippen LogP contribution in [0.2, 0.25) is 0 Å². The fourth-order valence-corrected chi connectivity index (χ4v) is 7.67. The first-order valence-electron chi connectivity index (χ1n) is 17.7. The van der Waals surface area contributed by atoms with E-state index >= 15 is 0 Å². The van der Waals surface area contributed by atoms with Crippen LogP contribution in [0.15, 0.2) is 193 Å². The predicted molar refractivity (Wildman–Crippen MR) is 213 cm³/mol. The van der Waals surface area contributed by atoms with E-state index in [-0.39, 0.29) is 6.04 Å². The fraction of sp³-hybridized carbons (Fsp3) is 0.0625. The van der Waals surface area contributed by atoms with Crippen molar-refractivity contribution < 1.29 is 0 Å². The highest BCUT2D eigenvalue weighted by molar-refractivity contribution is 6.06. The Morgan fingerprint density at radius 1 is 0.490 bits per heavy atom. The maximum atomic E-state index is 5.59. The van der Waals surface area contributed by atoms with Gasteiger partial charge in [0, 0.05) is 5.69 Å². The van der Waals surface area contributed by atoms with Crippen LogP contribution in [-0.2, 0) is 13.1 Å². The van der Waals surface area contributed by atoms with Gasteiger partial charge in [-0.25, -0.2) is 4.99 Å². The van der Waals surface area contributed by atoms with Gasteiger partial charge in [0.05, 0.1) is 19.1 Å². The molecule has 4 bridgehead atoms. The van der Waals surface area contributed by atoms with Crippen LogP contribution in [0.3, 0.4) is 0 Å². The average molecular weight is 656 g/mol. The third-order valence-electron chi connectivity index (χ3n) is 10.1. The molecule has 0 aliphatic carbocycles. The second-order valence-corrected chi connectivity index (χ2v) is 13.1. The van der Waals surface area contributed by atoms with Crippen LogP contribution in [0.1, 0.15) is 28.3 Å². The SMILES string of the molecule is C1=CC=C2C=C(c3ccccc3)C3=C(C=C1)c1c(c(-c4ccccc4)cc4ccccc14)CN=C(NC(c1ccccc1)c1ccccc1)N2C3. The molecule has 0 radical (unpaired) electrons. The summed E-state index contributed by atoms with van der Waals surface area (Å²) >= 11 is 0. The van der Waals surface area contributed by atoms with Gasteiger partial charge in [-0.05, 0) is 84.6 Å². The summed E-state index contributed by atoms with van der Waals surface area (Å²) in [6.45, 7) is 1.16. The number of fused-ring (bicyclic) bond motifs is 8. The standard InChI is InChI=1S/C48H37N3/c1-6-18-34(19-7-1)42-30-38-26-16-17-28-40(38)46-41-29-15-5-14-27-39-31-43(35-20-8-2-9-21-35)45(41)33-51(39)48(49-32-44(42)46)50-47(36-22-10-3-11-23-36)37-24-12-4-13-25-37/h1-31,47H,32-33H2,(H,49,50). The summed E-state index contributed by atoms with van der Waals surface area (Å²) in [4.78, 5) is 7.97. The predicted octanol–water partition coefficient (Wildman–Crippen LogP) is 11.5. The molecule has 3 heterocycles. The monoisotopic (exact) mass is 655 g/mol. The Balaban J connectivity index is 1.38. The van der Waals surface area contributed by atoms with Crippen LogP contribution in [0.5, 0.6) is 0 Å². The normalized spacial score (nSPS) is 12.8. The molecular formula is C48H37N3. The Morgan fingerprint density at radius 3 is 1.67 bits per heavy atom. The largest absolute Gasteiger partial charge is 0.345 e. The molecule has 1 N–H and O–H groups in total. The smallest absolute Gasteiger partial charge is 0.199 e. The lowest BCUT2D eigenvalue weighted by atomic mass is 9.84. The highest BCUT2D eigenvalue weighted by Crippen LogP contribution is 2.45. The van der Waals surface area contributed by atoms with Gasteiger partial charge in [-0.1, -0.05) is 170 Å². The summed E-state index contributed by atoms with van der Waals surface area (Å²) in [7, 11) is 0. The molecule has 3 nitrogen and oxygen atoms in total. The van der Waals surface area contributed by atoms with Crippen LogP contribution >= 0.6 is 0 Å². The maximum Gasteiger partial charge on any atom is 0.199 e. The van der Waals surface area contributed by atoms with Crippen molar-refractivity contribution in [1.29, 1.82) is 0 Å². The van der Waals surface area contributed by atoms with E-state index in [1.807, 2.05) is 0 Å². The quantitative estimate of drug-likeness (QED) is 0.200. The van der Waals surface area contributed by atoms with Gasteiger partial charge in [-0.3, -0.25) is 0 Å². The second-order valence-electron chi connectivity index (χ2n) is 13.1. The lowest BCUT2D eigenvalue weighted by Crippen LogP contribution is -2.44. The van der Waals surface area contributed by atoms with Crippen LogP contribution in [0.25, 0.3) is 44.2 Å². The minimum atomic E-state index is -0.104. The Labute approximate surface area is 299 Å². The lowest BCUT2D eigenvalue weighted by molar-refractivity contribution is 0.735. The Kier molecular flexibility index (Phi) is 8.07. The molecular weight excluding hydrogens is 619 g/mol. The van der Waals surface area contributed by atoms with Crippen LogP contribution in [0, 0.1) is 0 Å². The molecule has 7 aromatic rings. The number of guanidine groups is 1. The zero-order chi connectivity index (χ0) is 34.0. The topological polar surface area (TPSA) is 27.6 Å². The van der Waals surface area contributed by atoms with Gasteiger partial charge in [-0.15, -0.1) is 0 Å². The number of aliphatic imine (C=N–C) groups is 1. The lowest BCUT2D eigenvalue weighted by Gasteiger charge is -2.33. The van der Waals surface area contributed by atoms with Crippen molar-refractivity contribution in [2.45, 2.75) is 19.1 Å². The van der Waals surface area contributed by atoms with Gasteiger partial charge in [0.1, 0.15) is 0 Å². The molecule has 3 aliphatic rings. The highest BCUT2D eigenvalue weighted by atomic mass is 15.3. The molecule has 3 heteroatoms. The van der Waals surface area contributed by atoms with Crippen molar-refractivity contribution >= 4 is 22.4 Å². The molecule has 244 valence electrons. The van der Waals surface area contributed by atoms with E-state index in [2.05, 4.69) is 198 Å². The molecule has 0 spiro atoms. The van der Waals surface area contributed by atoms with Gasteiger partial charge in [0.2, 0.25) is 0 Å². The van der Waals surface area contributed by atoms with Crippen LogP contribution in [0.4, 0.5) is 5.69 Å².